The van der Waals surface area contributed by atoms with Crippen LogP contribution in [-0.2, 0) is 26.0 Å². The summed E-state index contributed by atoms with van der Waals surface area (Å²) < 4.78 is 40.7. The third-order valence-corrected chi connectivity index (χ3v) is 9.46. The van der Waals surface area contributed by atoms with Crippen molar-refractivity contribution in [2.24, 2.45) is 0 Å². The van der Waals surface area contributed by atoms with Crippen LogP contribution in [0.5, 0.6) is 0 Å². The molecule has 232 valence electrons. The SMILES string of the molecule is CS(=O)(=O)N[C@H]1CCCC[C@@H]1N1C(=O)c2ccccc2[C@@H](C(=O)NCC(=O)Cc2ccc(F)cc2)[C@@H]1c1ccc(Cl)cc1Cl. The Morgan fingerprint density at radius 2 is 1.68 bits per heavy atom. The molecule has 0 unspecified atom stereocenters. The van der Waals surface area contributed by atoms with Crippen molar-refractivity contribution in [2.75, 3.05) is 12.8 Å². The summed E-state index contributed by atoms with van der Waals surface area (Å²) in [4.78, 5) is 42.9. The fourth-order valence-corrected chi connectivity index (χ4v) is 7.66. The number of halogens is 3. The van der Waals surface area contributed by atoms with Gasteiger partial charge in [-0.05, 0) is 59.9 Å². The van der Waals surface area contributed by atoms with Crippen LogP contribution in [-0.4, -0.2) is 55.8 Å². The van der Waals surface area contributed by atoms with Crippen molar-refractivity contribution in [1.82, 2.24) is 14.9 Å². The summed E-state index contributed by atoms with van der Waals surface area (Å²) in [5.74, 6) is -2.53. The van der Waals surface area contributed by atoms with E-state index in [0.29, 0.717) is 40.1 Å². The lowest BCUT2D eigenvalue weighted by atomic mass is 9.76. The summed E-state index contributed by atoms with van der Waals surface area (Å²) >= 11 is 13.0. The van der Waals surface area contributed by atoms with Crippen molar-refractivity contribution >= 4 is 50.8 Å². The Labute approximate surface area is 266 Å². The van der Waals surface area contributed by atoms with Crippen molar-refractivity contribution in [1.29, 1.82) is 0 Å². The van der Waals surface area contributed by atoms with Crippen LogP contribution in [0.25, 0.3) is 0 Å². The molecule has 1 aliphatic heterocycles. The molecule has 2 aliphatic rings. The van der Waals surface area contributed by atoms with Crippen molar-refractivity contribution in [3.05, 3.63) is 105 Å². The number of amides is 2. The molecule has 1 fully saturated rings. The Bertz CT molecular complexity index is 1690. The zero-order valence-corrected chi connectivity index (χ0v) is 26.3. The zero-order chi connectivity index (χ0) is 31.6. The van der Waals surface area contributed by atoms with Gasteiger partial charge in [-0.3, -0.25) is 14.4 Å². The molecular weight excluding hydrogens is 628 g/mol. The van der Waals surface area contributed by atoms with Crippen LogP contribution >= 0.6 is 23.2 Å². The van der Waals surface area contributed by atoms with Gasteiger partial charge in [-0.15, -0.1) is 0 Å². The second-order valence-corrected chi connectivity index (χ2v) is 13.9. The van der Waals surface area contributed by atoms with Crippen LogP contribution in [0.1, 0.15) is 64.7 Å². The van der Waals surface area contributed by atoms with E-state index >= 15 is 0 Å². The maximum atomic E-state index is 14.3. The van der Waals surface area contributed by atoms with E-state index in [1.54, 1.807) is 41.3 Å². The van der Waals surface area contributed by atoms with Crippen LogP contribution in [0.4, 0.5) is 4.39 Å². The van der Waals surface area contributed by atoms with E-state index in [4.69, 9.17) is 23.2 Å². The van der Waals surface area contributed by atoms with E-state index in [0.717, 1.165) is 19.1 Å². The van der Waals surface area contributed by atoms with Gasteiger partial charge >= 0.3 is 0 Å². The Balaban J connectivity index is 1.55. The molecule has 1 heterocycles. The Morgan fingerprint density at radius 3 is 2.39 bits per heavy atom. The van der Waals surface area contributed by atoms with Gasteiger partial charge in [0.05, 0.1) is 24.8 Å². The molecule has 2 amide bonds. The number of ketones is 1. The summed E-state index contributed by atoms with van der Waals surface area (Å²) in [5, 5.41) is 3.38. The Kier molecular flexibility index (Phi) is 9.74. The smallest absolute Gasteiger partial charge is 0.255 e. The summed E-state index contributed by atoms with van der Waals surface area (Å²) in [6, 6.07) is 15.1. The fourth-order valence-electron chi connectivity index (χ4n) is 6.32. The number of carbonyl (C=O) groups excluding carboxylic acids is 3. The first kappa shape index (κ1) is 32.1. The van der Waals surface area contributed by atoms with E-state index in [2.05, 4.69) is 10.0 Å². The number of fused-ring (bicyclic) bond motifs is 1. The minimum absolute atomic E-state index is 0.000218. The van der Waals surface area contributed by atoms with E-state index in [1.807, 2.05) is 0 Å². The summed E-state index contributed by atoms with van der Waals surface area (Å²) in [5.41, 5.74) is 1.87. The lowest BCUT2D eigenvalue weighted by Crippen LogP contribution is -2.59. The van der Waals surface area contributed by atoms with Crippen LogP contribution in [0, 0.1) is 5.82 Å². The third-order valence-electron chi connectivity index (χ3n) is 8.17. The van der Waals surface area contributed by atoms with Crippen LogP contribution in [0.2, 0.25) is 10.0 Å². The first-order chi connectivity index (χ1) is 20.9. The Morgan fingerprint density at radius 1 is 0.977 bits per heavy atom. The topological polar surface area (TPSA) is 113 Å². The average Bonchev–Trinajstić information content (AvgIpc) is 2.97. The molecule has 0 saturated heterocycles. The van der Waals surface area contributed by atoms with E-state index in [1.165, 1.54) is 30.3 Å². The normalized spacial score (nSPS) is 21.9. The number of benzene rings is 3. The summed E-state index contributed by atoms with van der Waals surface area (Å²) in [6.45, 7) is -0.286. The van der Waals surface area contributed by atoms with Crippen molar-refractivity contribution < 1.29 is 27.2 Å². The maximum absolute atomic E-state index is 14.3. The lowest BCUT2D eigenvalue weighted by molar-refractivity contribution is -0.127. The highest BCUT2D eigenvalue weighted by Gasteiger charge is 2.49. The number of nitrogens with zero attached hydrogens (tertiary/aromatic N) is 1. The van der Waals surface area contributed by atoms with Gasteiger partial charge in [0.1, 0.15) is 5.82 Å². The summed E-state index contributed by atoms with van der Waals surface area (Å²) in [7, 11) is -3.61. The minimum Gasteiger partial charge on any atom is -0.348 e. The minimum atomic E-state index is -3.61. The second kappa shape index (κ2) is 13.4. The predicted molar refractivity (Wildman–Crippen MR) is 167 cm³/mol. The number of Topliss-reactive ketones (excluding diaryl/α,β-unsaturated/α-hetero) is 1. The van der Waals surface area contributed by atoms with Gasteiger partial charge in [0.25, 0.3) is 5.91 Å². The second-order valence-electron chi connectivity index (χ2n) is 11.3. The molecule has 44 heavy (non-hydrogen) atoms. The number of hydrogen-bond donors (Lipinski definition) is 2. The molecule has 0 spiro atoms. The molecule has 0 bridgehead atoms. The van der Waals surface area contributed by atoms with Crippen molar-refractivity contribution in [3.63, 3.8) is 0 Å². The molecule has 5 rings (SSSR count). The molecule has 3 aromatic carbocycles. The van der Waals surface area contributed by atoms with Gasteiger partial charge in [-0.1, -0.05) is 72.4 Å². The molecule has 2 N–H and O–H groups in total. The fraction of sp³-hybridized carbons (Fsp3) is 0.344. The number of carbonyl (C=O) groups is 3. The standard InChI is InChI=1S/C32H32Cl2FN3O5S/c1-44(42,43)37-27-8-4-5-9-28(27)38-30(25-15-12-20(33)17-26(25)34)29(23-6-2-3-7-24(23)32(38)41)31(40)36-18-22(39)16-19-10-13-21(35)14-11-19/h2-3,6-7,10-15,17,27-30,37H,4-5,8-9,16,18H2,1H3,(H,36,40)/t27-,28-,29+,30-/m0/s1. The van der Waals surface area contributed by atoms with Gasteiger partial charge in [0, 0.05) is 34.1 Å². The first-order valence-electron chi connectivity index (χ1n) is 14.3. The molecule has 0 radical (unpaired) electrons. The summed E-state index contributed by atoms with van der Waals surface area (Å²) in [6.07, 6.45) is 3.63. The molecular formula is C32H32Cl2FN3O5S. The number of sulfonamides is 1. The van der Waals surface area contributed by atoms with Crippen LogP contribution < -0.4 is 10.0 Å². The molecule has 4 atom stereocenters. The predicted octanol–water partition coefficient (Wildman–Crippen LogP) is 5.20. The monoisotopic (exact) mass is 659 g/mol. The van der Waals surface area contributed by atoms with Crippen LogP contribution in [0.3, 0.4) is 0 Å². The van der Waals surface area contributed by atoms with E-state index in [-0.39, 0.29) is 29.7 Å². The third kappa shape index (κ3) is 7.15. The number of nitrogens with one attached hydrogen (secondary N) is 2. The zero-order valence-electron chi connectivity index (χ0n) is 23.9. The van der Waals surface area contributed by atoms with Gasteiger partial charge in [0.2, 0.25) is 15.9 Å². The molecule has 12 heteroatoms. The molecule has 0 aromatic heterocycles. The van der Waals surface area contributed by atoms with Gasteiger partial charge in [-0.2, -0.15) is 0 Å². The van der Waals surface area contributed by atoms with E-state index < -0.39 is 45.8 Å². The number of rotatable bonds is 9. The highest BCUT2D eigenvalue weighted by molar-refractivity contribution is 7.88. The maximum Gasteiger partial charge on any atom is 0.255 e. The van der Waals surface area contributed by atoms with Gasteiger partial charge in [-0.25, -0.2) is 17.5 Å². The van der Waals surface area contributed by atoms with Gasteiger partial charge < -0.3 is 10.2 Å². The molecule has 1 aliphatic carbocycles. The molecule has 3 aromatic rings. The highest BCUT2D eigenvalue weighted by Crippen LogP contribution is 2.47. The molecule has 8 nitrogen and oxygen atoms in total. The first-order valence-corrected chi connectivity index (χ1v) is 17.0. The highest BCUT2D eigenvalue weighted by atomic mass is 35.5. The van der Waals surface area contributed by atoms with Crippen molar-refractivity contribution in [3.8, 4) is 0 Å². The van der Waals surface area contributed by atoms with Gasteiger partial charge in [0.15, 0.2) is 5.78 Å². The Hall–Kier alpha value is -3.31. The van der Waals surface area contributed by atoms with E-state index in [9.17, 15) is 27.2 Å². The number of hydrogen-bond acceptors (Lipinski definition) is 5. The largest absolute Gasteiger partial charge is 0.348 e. The lowest BCUT2D eigenvalue weighted by Gasteiger charge is -2.49. The quantitative estimate of drug-likeness (QED) is 0.328. The molecule has 1 saturated carbocycles. The average molecular weight is 661 g/mol. The van der Waals surface area contributed by atoms with Crippen molar-refractivity contribution in [2.45, 2.75) is 56.1 Å². The van der Waals surface area contributed by atoms with Crippen LogP contribution in [0.15, 0.2) is 66.7 Å².